The molecule has 4 heterocycles. The van der Waals surface area contributed by atoms with Gasteiger partial charge in [0.1, 0.15) is 5.82 Å². The van der Waals surface area contributed by atoms with E-state index in [1.165, 1.54) is 5.56 Å². The molecule has 0 spiro atoms. The Kier molecular flexibility index (Phi) is 6.22. The molecule has 7 nitrogen and oxygen atoms in total. The van der Waals surface area contributed by atoms with Crippen LogP contribution in [0.3, 0.4) is 0 Å². The predicted molar refractivity (Wildman–Crippen MR) is 104 cm³/mol. The van der Waals surface area contributed by atoms with Gasteiger partial charge in [0.2, 0.25) is 11.8 Å². The maximum Gasteiger partial charge on any atom is 0.231 e. The monoisotopic (exact) mass is 387 g/mol. The molecule has 7 heteroatoms. The van der Waals surface area contributed by atoms with Gasteiger partial charge in [-0.2, -0.15) is 0 Å². The fourth-order valence-corrected chi connectivity index (χ4v) is 4.27. The summed E-state index contributed by atoms with van der Waals surface area (Å²) in [5, 5.41) is 2.88. The summed E-state index contributed by atoms with van der Waals surface area (Å²) in [5.74, 6) is 1.43. The van der Waals surface area contributed by atoms with Crippen molar-refractivity contribution in [2.24, 2.45) is 17.8 Å². The molecule has 1 aromatic rings. The quantitative estimate of drug-likeness (QED) is 0.834. The number of nitrogens with one attached hydrogen (secondary N) is 1. The fourth-order valence-electron chi connectivity index (χ4n) is 4.27. The van der Waals surface area contributed by atoms with Crippen LogP contribution < -0.4 is 5.32 Å². The number of aromatic nitrogens is 1. The number of piperidine rings is 1. The zero-order chi connectivity index (χ0) is 19.3. The highest BCUT2D eigenvalue weighted by atomic mass is 16.5. The number of nitrogens with zero attached hydrogens (tertiary/aromatic N) is 2. The Balaban J connectivity index is 1.22. The highest BCUT2D eigenvalue weighted by Gasteiger charge is 2.30. The topological polar surface area (TPSA) is 80.8 Å². The van der Waals surface area contributed by atoms with Crippen molar-refractivity contribution in [3.63, 3.8) is 0 Å². The molecule has 1 aromatic heterocycles. The lowest BCUT2D eigenvalue weighted by Gasteiger charge is -2.33. The Hall–Kier alpha value is -1.99. The number of pyridine rings is 1. The van der Waals surface area contributed by atoms with E-state index in [0.717, 1.165) is 45.2 Å². The third kappa shape index (κ3) is 4.70. The number of ether oxygens (including phenoxy) is 2. The Morgan fingerprint density at radius 2 is 1.75 bits per heavy atom. The van der Waals surface area contributed by atoms with Crippen LogP contribution in [0.25, 0.3) is 0 Å². The Morgan fingerprint density at radius 3 is 2.36 bits per heavy atom. The first kappa shape index (κ1) is 19.3. The van der Waals surface area contributed by atoms with Gasteiger partial charge >= 0.3 is 0 Å². The number of anilines is 1. The number of carbonyl (C=O) groups excluding carboxylic acids is 2. The molecule has 4 rings (SSSR count). The molecule has 0 radical (unpaired) electrons. The molecule has 2 amide bonds. The van der Waals surface area contributed by atoms with Crippen molar-refractivity contribution in [2.75, 3.05) is 44.8 Å². The lowest BCUT2D eigenvalue weighted by molar-refractivity contribution is -0.136. The zero-order valence-corrected chi connectivity index (χ0v) is 16.3. The molecule has 0 saturated carbocycles. The van der Waals surface area contributed by atoms with Gasteiger partial charge in [-0.3, -0.25) is 9.59 Å². The van der Waals surface area contributed by atoms with Crippen LogP contribution in [0.2, 0.25) is 0 Å². The van der Waals surface area contributed by atoms with Gasteiger partial charge in [-0.25, -0.2) is 4.98 Å². The normalized spacial score (nSPS) is 25.8. The smallest absolute Gasteiger partial charge is 0.231 e. The van der Waals surface area contributed by atoms with Gasteiger partial charge in [0, 0.05) is 32.5 Å². The van der Waals surface area contributed by atoms with E-state index in [-0.39, 0.29) is 23.7 Å². The van der Waals surface area contributed by atoms with E-state index in [0.29, 0.717) is 38.2 Å². The molecule has 2 unspecified atom stereocenters. The molecule has 0 aromatic carbocycles. The first-order valence-corrected chi connectivity index (χ1v) is 10.4. The zero-order valence-electron chi connectivity index (χ0n) is 16.3. The van der Waals surface area contributed by atoms with E-state index in [1.807, 2.05) is 23.2 Å². The minimum Gasteiger partial charge on any atom is -0.381 e. The molecule has 3 aliphatic heterocycles. The number of rotatable bonds is 5. The van der Waals surface area contributed by atoms with Crippen molar-refractivity contribution in [2.45, 2.75) is 32.1 Å². The number of likely N-dealkylation sites (tertiary alicyclic amines) is 1. The van der Waals surface area contributed by atoms with Crippen molar-refractivity contribution in [1.82, 2.24) is 9.88 Å². The van der Waals surface area contributed by atoms with Crippen molar-refractivity contribution in [1.29, 1.82) is 0 Å². The lowest BCUT2D eigenvalue weighted by Crippen LogP contribution is -2.42. The van der Waals surface area contributed by atoms with Gasteiger partial charge in [0.15, 0.2) is 0 Å². The van der Waals surface area contributed by atoms with E-state index in [4.69, 9.17) is 9.47 Å². The summed E-state index contributed by atoms with van der Waals surface area (Å²) in [6.07, 6.45) is 6.51. The number of hydrogen-bond acceptors (Lipinski definition) is 5. The first-order chi connectivity index (χ1) is 13.7. The molecule has 28 heavy (non-hydrogen) atoms. The van der Waals surface area contributed by atoms with Crippen LogP contribution in [0.5, 0.6) is 0 Å². The van der Waals surface area contributed by atoms with Crippen LogP contribution in [-0.4, -0.2) is 61.2 Å². The number of carbonyl (C=O) groups is 2. The Labute approximate surface area is 165 Å². The van der Waals surface area contributed by atoms with Crippen LogP contribution in [0, 0.1) is 17.8 Å². The summed E-state index contributed by atoms with van der Waals surface area (Å²) in [7, 11) is 0. The third-order valence-electron chi connectivity index (χ3n) is 6.11. The second-order valence-corrected chi connectivity index (χ2v) is 8.13. The second-order valence-electron chi connectivity index (χ2n) is 8.13. The third-order valence-corrected chi connectivity index (χ3v) is 6.11. The van der Waals surface area contributed by atoms with Gasteiger partial charge in [0.05, 0.1) is 25.0 Å². The summed E-state index contributed by atoms with van der Waals surface area (Å²) in [4.78, 5) is 31.0. The van der Waals surface area contributed by atoms with Crippen LogP contribution >= 0.6 is 0 Å². The summed E-state index contributed by atoms with van der Waals surface area (Å²) in [6.45, 7) is 4.13. The van der Waals surface area contributed by atoms with Crippen LogP contribution in [0.1, 0.15) is 31.2 Å². The molecular formula is C21H29N3O4. The van der Waals surface area contributed by atoms with Crippen LogP contribution in [0.15, 0.2) is 18.3 Å². The van der Waals surface area contributed by atoms with Crippen molar-refractivity contribution in [3.05, 3.63) is 23.9 Å². The van der Waals surface area contributed by atoms with Crippen molar-refractivity contribution < 1.29 is 19.1 Å². The Bertz CT molecular complexity index is 673. The standard InChI is InChI=1S/C21H29N3O4/c25-20(17-5-9-27-13-17)23-19-2-1-16(12-22-19)11-15-3-7-24(8-4-15)21(26)18-6-10-28-14-18/h1-2,12,15,17-18H,3-11,13-14H2,(H,22,23,25). The molecule has 3 fully saturated rings. The molecule has 0 bridgehead atoms. The molecule has 2 atom stereocenters. The minimum atomic E-state index is -0.0647. The molecule has 152 valence electrons. The van der Waals surface area contributed by atoms with Gasteiger partial charge in [-0.1, -0.05) is 6.07 Å². The van der Waals surface area contributed by atoms with E-state index >= 15 is 0 Å². The molecular weight excluding hydrogens is 358 g/mol. The summed E-state index contributed by atoms with van der Waals surface area (Å²) in [6, 6.07) is 3.92. The first-order valence-electron chi connectivity index (χ1n) is 10.4. The Morgan fingerprint density at radius 1 is 1.04 bits per heavy atom. The van der Waals surface area contributed by atoms with E-state index in [1.54, 1.807) is 0 Å². The summed E-state index contributed by atoms with van der Waals surface area (Å²) < 4.78 is 10.6. The van der Waals surface area contributed by atoms with Crippen LogP contribution in [-0.2, 0) is 25.5 Å². The maximum atomic E-state index is 12.5. The van der Waals surface area contributed by atoms with Gasteiger partial charge in [-0.05, 0) is 49.7 Å². The lowest BCUT2D eigenvalue weighted by atomic mass is 9.90. The maximum absolute atomic E-state index is 12.5. The minimum absolute atomic E-state index is 0.0116. The average Bonchev–Trinajstić information content (AvgIpc) is 3.44. The van der Waals surface area contributed by atoms with E-state index in [2.05, 4.69) is 10.3 Å². The van der Waals surface area contributed by atoms with Gasteiger partial charge in [0.25, 0.3) is 0 Å². The molecule has 1 N–H and O–H groups in total. The van der Waals surface area contributed by atoms with Crippen LogP contribution in [0.4, 0.5) is 5.82 Å². The number of hydrogen-bond donors (Lipinski definition) is 1. The van der Waals surface area contributed by atoms with Crippen molar-refractivity contribution in [3.8, 4) is 0 Å². The van der Waals surface area contributed by atoms with E-state index < -0.39 is 0 Å². The van der Waals surface area contributed by atoms with E-state index in [9.17, 15) is 9.59 Å². The highest BCUT2D eigenvalue weighted by Crippen LogP contribution is 2.25. The summed E-state index contributed by atoms with van der Waals surface area (Å²) >= 11 is 0. The molecule has 0 aliphatic carbocycles. The average molecular weight is 387 g/mol. The van der Waals surface area contributed by atoms with Crippen molar-refractivity contribution >= 4 is 17.6 Å². The number of amides is 2. The molecule has 3 aliphatic rings. The molecule has 3 saturated heterocycles. The van der Waals surface area contributed by atoms with Gasteiger partial charge in [-0.15, -0.1) is 0 Å². The second kappa shape index (κ2) is 9.01. The summed E-state index contributed by atoms with van der Waals surface area (Å²) in [5.41, 5.74) is 1.18. The fraction of sp³-hybridized carbons (Fsp3) is 0.667. The predicted octanol–water partition coefficient (Wildman–Crippen LogP) is 1.87. The van der Waals surface area contributed by atoms with Gasteiger partial charge < -0.3 is 19.7 Å². The highest BCUT2D eigenvalue weighted by molar-refractivity contribution is 5.91. The largest absolute Gasteiger partial charge is 0.381 e. The SMILES string of the molecule is O=C(Nc1ccc(CC2CCN(C(=O)C3CCOC3)CC2)cn1)C1CCOC1.